The van der Waals surface area contributed by atoms with Crippen molar-refractivity contribution in [3.63, 3.8) is 0 Å². The van der Waals surface area contributed by atoms with Crippen molar-refractivity contribution in [3.8, 4) is 0 Å². The molecule has 24 heavy (non-hydrogen) atoms. The van der Waals surface area contributed by atoms with Crippen molar-refractivity contribution in [2.75, 3.05) is 13.1 Å². The second kappa shape index (κ2) is 7.73. The lowest BCUT2D eigenvalue weighted by molar-refractivity contribution is -0.132. The van der Waals surface area contributed by atoms with Crippen molar-refractivity contribution in [2.24, 2.45) is 0 Å². The zero-order valence-corrected chi connectivity index (χ0v) is 13.5. The maximum Gasteiger partial charge on any atom is 0.252 e. The van der Waals surface area contributed by atoms with Gasteiger partial charge in [-0.05, 0) is 30.5 Å². The molecule has 0 aliphatic carbocycles. The molecule has 1 aliphatic heterocycles. The highest BCUT2D eigenvalue weighted by molar-refractivity contribution is 5.97. The quantitative estimate of drug-likeness (QED) is 0.916. The maximum absolute atomic E-state index is 12.8. The highest BCUT2D eigenvalue weighted by atomic mass is 16.2. The summed E-state index contributed by atoms with van der Waals surface area (Å²) in [5, 5.41) is 2.90. The Morgan fingerprint density at radius 2 is 1.71 bits per heavy atom. The van der Waals surface area contributed by atoms with Crippen LogP contribution in [0, 0.1) is 0 Å². The molecule has 0 spiro atoms. The van der Waals surface area contributed by atoms with Crippen LogP contribution in [0.2, 0.25) is 0 Å². The molecular formula is C19H21N3O2. The molecule has 1 atom stereocenters. The number of aromatic nitrogens is 1. The number of hydrogen-bond donors (Lipinski definition) is 1. The Morgan fingerprint density at radius 1 is 1.04 bits per heavy atom. The Hall–Kier alpha value is -2.69. The van der Waals surface area contributed by atoms with Crippen molar-refractivity contribution in [2.45, 2.75) is 25.3 Å². The molecule has 1 saturated heterocycles. The van der Waals surface area contributed by atoms with Gasteiger partial charge >= 0.3 is 0 Å². The van der Waals surface area contributed by atoms with Gasteiger partial charge in [-0.3, -0.25) is 14.6 Å². The van der Waals surface area contributed by atoms with E-state index in [2.05, 4.69) is 10.3 Å². The van der Waals surface area contributed by atoms with E-state index >= 15 is 0 Å². The van der Waals surface area contributed by atoms with Crippen LogP contribution in [0.25, 0.3) is 0 Å². The number of pyridine rings is 1. The fourth-order valence-electron chi connectivity index (χ4n) is 2.95. The van der Waals surface area contributed by atoms with Gasteiger partial charge in [0.1, 0.15) is 6.04 Å². The van der Waals surface area contributed by atoms with E-state index in [4.69, 9.17) is 0 Å². The van der Waals surface area contributed by atoms with Crippen LogP contribution in [0.1, 0.15) is 28.8 Å². The van der Waals surface area contributed by atoms with Crippen molar-refractivity contribution >= 4 is 11.8 Å². The summed E-state index contributed by atoms with van der Waals surface area (Å²) >= 11 is 0. The Bertz CT molecular complexity index is 682. The fourth-order valence-corrected chi connectivity index (χ4v) is 2.95. The van der Waals surface area contributed by atoms with E-state index in [1.807, 2.05) is 35.2 Å². The molecular weight excluding hydrogens is 302 g/mol. The monoisotopic (exact) mass is 323 g/mol. The molecule has 5 nitrogen and oxygen atoms in total. The van der Waals surface area contributed by atoms with Crippen LogP contribution in [0.5, 0.6) is 0 Å². The molecule has 5 heteroatoms. The smallest absolute Gasteiger partial charge is 0.252 e. The normalized spacial score (nSPS) is 15.1. The lowest BCUT2D eigenvalue weighted by atomic mass is 10.0. The first kappa shape index (κ1) is 16.2. The number of benzene rings is 1. The minimum absolute atomic E-state index is 0.00115. The van der Waals surface area contributed by atoms with Gasteiger partial charge in [0.05, 0.1) is 0 Å². The van der Waals surface area contributed by atoms with E-state index in [-0.39, 0.29) is 11.8 Å². The first-order valence-electron chi connectivity index (χ1n) is 8.27. The van der Waals surface area contributed by atoms with Gasteiger partial charge in [-0.2, -0.15) is 0 Å². The second-order valence-corrected chi connectivity index (χ2v) is 5.98. The highest BCUT2D eigenvalue weighted by Crippen LogP contribution is 2.13. The molecule has 0 saturated carbocycles. The lowest BCUT2D eigenvalue weighted by Crippen LogP contribution is -2.49. The van der Waals surface area contributed by atoms with Gasteiger partial charge in [0.2, 0.25) is 5.91 Å². The summed E-state index contributed by atoms with van der Waals surface area (Å²) in [5.74, 6) is -0.246. The molecule has 1 aliphatic rings. The molecule has 1 aromatic heterocycles. The molecule has 2 heterocycles. The second-order valence-electron chi connectivity index (χ2n) is 5.98. The summed E-state index contributed by atoms with van der Waals surface area (Å²) in [6.45, 7) is 1.55. The number of hydrogen-bond acceptors (Lipinski definition) is 3. The summed E-state index contributed by atoms with van der Waals surface area (Å²) < 4.78 is 0. The number of nitrogens with one attached hydrogen (secondary N) is 1. The first-order chi connectivity index (χ1) is 11.7. The van der Waals surface area contributed by atoms with Crippen LogP contribution in [0.3, 0.4) is 0 Å². The van der Waals surface area contributed by atoms with E-state index in [1.54, 1.807) is 24.5 Å². The third-order valence-corrected chi connectivity index (χ3v) is 4.25. The van der Waals surface area contributed by atoms with Crippen LogP contribution in [0.4, 0.5) is 0 Å². The Balaban J connectivity index is 1.76. The summed E-state index contributed by atoms with van der Waals surface area (Å²) in [7, 11) is 0. The number of nitrogens with zero attached hydrogens (tertiary/aromatic N) is 2. The number of likely N-dealkylation sites (tertiary alicyclic amines) is 1. The van der Waals surface area contributed by atoms with Crippen molar-refractivity contribution in [1.29, 1.82) is 0 Å². The maximum atomic E-state index is 12.8. The summed E-state index contributed by atoms with van der Waals surface area (Å²) in [6, 6.07) is 12.5. The largest absolute Gasteiger partial charge is 0.341 e. The zero-order chi connectivity index (χ0) is 16.8. The van der Waals surface area contributed by atoms with Crippen LogP contribution < -0.4 is 5.32 Å². The molecule has 3 rings (SSSR count). The van der Waals surface area contributed by atoms with E-state index in [0.29, 0.717) is 12.0 Å². The Morgan fingerprint density at radius 3 is 2.38 bits per heavy atom. The molecule has 2 amide bonds. The molecule has 2 aromatic rings. The van der Waals surface area contributed by atoms with Gasteiger partial charge in [-0.25, -0.2) is 0 Å². The van der Waals surface area contributed by atoms with Crippen molar-refractivity contribution in [1.82, 2.24) is 15.2 Å². The Labute approximate surface area is 141 Å². The number of amides is 2. The van der Waals surface area contributed by atoms with E-state index in [0.717, 1.165) is 31.5 Å². The molecule has 0 bridgehead atoms. The molecule has 0 radical (unpaired) electrons. The predicted molar refractivity (Wildman–Crippen MR) is 91.5 cm³/mol. The third-order valence-electron chi connectivity index (χ3n) is 4.25. The average molecular weight is 323 g/mol. The summed E-state index contributed by atoms with van der Waals surface area (Å²) in [4.78, 5) is 31.0. The van der Waals surface area contributed by atoms with Crippen LogP contribution in [-0.2, 0) is 11.2 Å². The minimum atomic E-state index is -0.550. The Kier molecular flexibility index (Phi) is 5.21. The standard InChI is InChI=1S/C19H21N3O2/c23-18(16-8-10-20-11-9-16)21-17(14-15-6-2-1-3-7-15)19(24)22-12-4-5-13-22/h1-3,6-11,17H,4-5,12-14H2,(H,21,23). The van der Waals surface area contributed by atoms with Gasteiger partial charge in [-0.1, -0.05) is 30.3 Å². The van der Waals surface area contributed by atoms with Crippen LogP contribution in [0.15, 0.2) is 54.9 Å². The summed E-state index contributed by atoms with van der Waals surface area (Å²) in [6.07, 6.45) is 5.70. The van der Waals surface area contributed by atoms with Gasteiger partial charge in [0.25, 0.3) is 5.91 Å². The number of carbonyl (C=O) groups excluding carboxylic acids is 2. The average Bonchev–Trinajstić information content (AvgIpc) is 3.17. The SMILES string of the molecule is O=C(NC(Cc1ccccc1)C(=O)N1CCCC1)c1ccncc1. The van der Waals surface area contributed by atoms with Crippen LogP contribution >= 0.6 is 0 Å². The number of rotatable bonds is 5. The lowest BCUT2D eigenvalue weighted by Gasteiger charge is -2.24. The minimum Gasteiger partial charge on any atom is -0.341 e. The number of carbonyl (C=O) groups is 2. The molecule has 124 valence electrons. The molecule has 1 unspecified atom stereocenters. The molecule has 1 N–H and O–H groups in total. The van der Waals surface area contributed by atoms with E-state index < -0.39 is 6.04 Å². The third kappa shape index (κ3) is 3.98. The first-order valence-corrected chi connectivity index (χ1v) is 8.27. The molecule has 1 fully saturated rings. The van der Waals surface area contributed by atoms with E-state index in [1.165, 1.54) is 0 Å². The summed E-state index contributed by atoms with van der Waals surface area (Å²) in [5.41, 5.74) is 1.54. The fraction of sp³-hybridized carbons (Fsp3) is 0.316. The van der Waals surface area contributed by atoms with Gasteiger partial charge in [0.15, 0.2) is 0 Å². The predicted octanol–water partition coefficient (Wildman–Crippen LogP) is 2.05. The van der Waals surface area contributed by atoms with Gasteiger partial charge < -0.3 is 10.2 Å². The molecule has 1 aromatic carbocycles. The van der Waals surface area contributed by atoms with Gasteiger partial charge in [-0.15, -0.1) is 0 Å². The highest BCUT2D eigenvalue weighted by Gasteiger charge is 2.28. The van der Waals surface area contributed by atoms with Crippen molar-refractivity contribution < 1.29 is 9.59 Å². The van der Waals surface area contributed by atoms with Gasteiger partial charge in [0, 0.05) is 37.5 Å². The van der Waals surface area contributed by atoms with E-state index in [9.17, 15) is 9.59 Å². The topological polar surface area (TPSA) is 62.3 Å². The zero-order valence-electron chi connectivity index (χ0n) is 13.5. The van der Waals surface area contributed by atoms with Crippen LogP contribution in [-0.4, -0.2) is 40.8 Å². The van der Waals surface area contributed by atoms with Crippen molar-refractivity contribution in [3.05, 3.63) is 66.0 Å².